The summed E-state index contributed by atoms with van der Waals surface area (Å²) < 4.78 is 0. The Balaban J connectivity index is 1.91. The van der Waals surface area contributed by atoms with Crippen LogP contribution in [-0.4, -0.2) is 10.8 Å². The maximum Gasteiger partial charge on any atom is 0.173 e. The molecule has 0 bridgehead atoms. The molecule has 0 aromatic carbocycles. The Labute approximate surface area is 96.6 Å². The Morgan fingerprint density at radius 1 is 1.47 bits per heavy atom. The lowest BCUT2D eigenvalue weighted by atomic mass is 10.2. The third kappa shape index (κ3) is 2.73. The van der Waals surface area contributed by atoms with Gasteiger partial charge in [0.15, 0.2) is 5.78 Å². The molecule has 0 saturated heterocycles. The van der Waals surface area contributed by atoms with E-state index in [9.17, 15) is 4.79 Å². The number of thiophene rings is 1. The second kappa shape index (κ2) is 4.68. The molecule has 0 N–H and O–H groups in total. The zero-order chi connectivity index (χ0) is 10.7. The maximum absolute atomic E-state index is 11.7. The minimum atomic E-state index is 0.220. The fourth-order valence-corrected chi connectivity index (χ4v) is 2.77. The summed E-state index contributed by atoms with van der Waals surface area (Å²) in [6.07, 6.45) is 1.32. The van der Waals surface area contributed by atoms with Crippen LogP contribution in [0.1, 0.15) is 26.8 Å². The molecule has 0 atom stereocenters. The van der Waals surface area contributed by atoms with E-state index in [-0.39, 0.29) is 5.78 Å². The van der Waals surface area contributed by atoms with E-state index in [2.05, 4.69) is 4.98 Å². The molecule has 0 aliphatic heterocycles. The van der Waals surface area contributed by atoms with Crippen molar-refractivity contribution in [1.29, 1.82) is 0 Å². The molecule has 0 unspecified atom stereocenters. The molecule has 2 aromatic heterocycles. The first-order valence-electron chi connectivity index (χ1n) is 4.73. The summed E-state index contributed by atoms with van der Waals surface area (Å²) >= 11 is 3.13. The molecule has 0 aliphatic carbocycles. The first-order chi connectivity index (χ1) is 7.25. The number of hydrogen-bond acceptors (Lipinski definition) is 4. The smallest absolute Gasteiger partial charge is 0.173 e. The molecule has 4 heteroatoms. The summed E-state index contributed by atoms with van der Waals surface area (Å²) in [7, 11) is 0. The molecule has 2 nitrogen and oxygen atoms in total. The molecule has 2 heterocycles. The molecular formula is C11H11NOS2. The predicted molar refractivity (Wildman–Crippen MR) is 63.8 cm³/mol. The first kappa shape index (κ1) is 10.5. The van der Waals surface area contributed by atoms with Crippen molar-refractivity contribution in [2.75, 3.05) is 0 Å². The van der Waals surface area contributed by atoms with Crippen LogP contribution in [0.15, 0.2) is 22.9 Å². The number of nitrogens with zero attached hydrogens (tertiary/aromatic N) is 1. The third-order valence-electron chi connectivity index (χ3n) is 2.03. The number of aromatic nitrogens is 1. The van der Waals surface area contributed by atoms with Gasteiger partial charge in [-0.15, -0.1) is 22.7 Å². The van der Waals surface area contributed by atoms with Crippen molar-refractivity contribution in [2.24, 2.45) is 0 Å². The van der Waals surface area contributed by atoms with Gasteiger partial charge < -0.3 is 0 Å². The molecular weight excluding hydrogens is 226 g/mol. The topological polar surface area (TPSA) is 30.0 Å². The molecule has 0 saturated carbocycles. The van der Waals surface area contributed by atoms with Gasteiger partial charge in [-0.05, 0) is 18.4 Å². The summed E-state index contributed by atoms with van der Waals surface area (Å²) in [6.45, 7) is 1.97. The van der Waals surface area contributed by atoms with Crippen LogP contribution in [0.25, 0.3) is 0 Å². The predicted octanol–water partition coefficient (Wildman–Crippen LogP) is 3.33. The van der Waals surface area contributed by atoms with Crippen molar-refractivity contribution < 1.29 is 4.79 Å². The van der Waals surface area contributed by atoms with Crippen molar-refractivity contribution >= 4 is 28.5 Å². The van der Waals surface area contributed by atoms with E-state index in [1.54, 1.807) is 11.3 Å². The number of Topliss-reactive ketones (excluding diaryl/α,β-unsaturated/α-hetero) is 1. The van der Waals surface area contributed by atoms with Crippen LogP contribution in [0.3, 0.4) is 0 Å². The highest BCUT2D eigenvalue weighted by atomic mass is 32.1. The minimum absolute atomic E-state index is 0.220. The van der Waals surface area contributed by atoms with E-state index >= 15 is 0 Å². The average molecular weight is 237 g/mol. The highest BCUT2D eigenvalue weighted by Gasteiger charge is 2.08. The van der Waals surface area contributed by atoms with Gasteiger partial charge in [0.05, 0.1) is 9.88 Å². The van der Waals surface area contributed by atoms with Crippen molar-refractivity contribution in [3.8, 4) is 0 Å². The largest absolute Gasteiger partial charge is 0.293 e. The second-order valence-electron chi connectivity index (χ2n) is 3.28. The first-order valence-corrected chi connectivity index (χ1v) is 6.49. The van der Waals surface area contributed by atoms with Crippen LogP contribution in [0.2, 0.25) is 0 Å². The fourth-order valence-electron chi connectivity index (χ4n) is 1.30. The van der Waals surface area contributed by atoms with Crippen molar-refractivity contribution in [3.63, 3.8) is 0 Å². The van der Waals surface area contributed by atoms with Gasteiger partial charge >= 0.3 is 0 Å². The Hall–Kier alpha value is -1.00. The minimum Gasteiger partial charge on any atom is -0.293 e. The number of rotatable bonds is 4. The van der Waals surface area contributed by atoms with E-state index in [0.717, 1.165) is 22.0 Å². The molecule has 2 aromatic rings. The highest BCUT2D eigenvalue weighted by molar-refractivity contribution is 7.12. The highest BCUT2D eigenvalue weighted by Crippen LogP contribution is 2.15. The van der Waals surface area contributed by atoms with E-state index in [4.69, 9.17) is 0 Å². The lowest BCUT2D eigenvalue weighted by Gasteiger charge is -1.94. The van der Waals surface area contributed by atoms with Crippen LogP contribution in [0.5, 0.6) is 0 Å². The maximum atomic E-state index is 11.7. The number of carbonyl (C=O) groups is 1. The second-order valence-corrected chi connectivity index (χ2v) is 5.17. The molecule has 78 valence electrons. The number of carbonyl (C=O) groups excluding carboxylic acids is 1. The van der Waals surface area contributed by atoms with Crippen LogP contribution >= 0.6 is 22.7 Å². The van der Waals surface area contributed by atoms with Crippen molar-refractivity contribution in [2.45, 2.75) is 19.8 Å². The quantitative estimate of drug-likeness (QED) is 0.763. The molecule has 0 amide bonds. The van der Waals surface area contributed by atoms with Crippen LogP contribution in [0.4, 0.5) is 0 Å². The van der Waals surface area contributed by atoms with Crippen LogP contribution in [-0.2, 0) is 6.42 Å². The summed E-state index contributed by atoms with van der Waals surface area (Å²) in [5.41, 5.74) is 1.04. The lowest BCUT2D eigenvalue weighted by Crippen LogP contribution is -1.98. The molecule has 0 fully saturated rings. The van der Waals surface area contributed by atoms with E-state index in [1.807, 2.05) is 29.8 Å². The van der Waals surface area contributed by atoms with Gasteiger partial charge in [0.2, 0.25) is 0 Å². The monoisotopic (exact) mass is 237 g/mol. The summed E-state index contributed by atoms with van der Waals surface area (Å²) in [5.74, 6) is 0.220. The van der Waals surface area contributed by atoms with E-state index in [1.165, 1.54) is 11.3 Å². The van der Waals surface area contributed by atoms with Gasteiger partial charge in [-0.1, -0.05) is 6.07 Å². The van der Waals surface area contributed by atoms with Crippen molar-refractivity contribution in [3.05, 3.63) is 38.5 Å². The standard InChI is InChI=1S/C11H11NOS2/c1-8-7-15-11(12-8)5-4-9(13)10-3-2-6-14-10/h2-3,6-7H,4-5H2,1H3. The van der Waals surface area contributed by atoms with Gasteiger partial charge in [0.1, 0.15) is 0 Å². The third-order valence-corrected chi connectivity index (χ3v) is 3.97. The summed E-state index contributed by atoms with van der Waals surface area (Å²) in [4.78, 5) is 16.9. The lowest BCUT2D eigenvalue weighted by molar-refractivity contribution is 0.0986. The number of hydrogen-bond donors (Lipinski definition) is 0. The summed E-state index contributed by atoms with van der Waals surface area (Å²) in [5, 5.41) is 5.00. The summed E-state index contributed by atoms with van der Waals surface area (Å²) in [6, 6.07) is 3.78. The normalized spacial score (nSPS) is 10.5. The molecule has 0 spiro atoms. The zero-order valence-electron chi connectivity index (χ0n) is 8.40. The van der Waals surface area contributed by atoms with Gasteiger partial charge in [-0.3, -0.25) is 4.79 Å². The molecule has 0 radical (unpaired) electrons. The number of ketones is 1. The zero-order valence-corrected chi connectivity index (χ0v) is 10.0. The van der Waals surface area contributed by atoms with Gasteiger partial charge in [0.25, 0.3) is 0 Å². The average Bonchev–Trinajstić information content (AvgIpc) is 2.84. The Kier molecular flexibility index (Phi) is 3.28. The van der Waals surface area contributed by atoms with Crippen LogP contribution < -0.4 is 0 Å². The number of aryl methyl sites for hydroxylation is 2. The molecule has 15 heavy (non-hydrogen) atoms. The Morgan fingerprint density at radius 3 is 2.93 bits per heavy atom. The van der Waals surface area contributed by atoms with Crippen LogP contribution in [0, 0.1) is 6.92 Å². The van der Waals surface area contributed by atoms with Gasteiger partial charge in [-0.25, -0.2) is 4.98 Å². The van der Waals surface area contributed by atoms with Gasteiger partial charge in [0, 0.05) is 23.9 Å². The number of thiazole rings is 1. The Morgan fingerprint density at radius 2 is 2.33 bits per heavy atom. The van der Waals surface area contributed by atoms with Crippen molar-refractivity contribution in [1.82, 2.24) is 4.98 Å². The molecule has 2 rings (SSSR count). The van der Waals surface area contributed by atoms with E-state index < -0.39 is 0 Å². The fraction of sp³-hybridized carbons (Fsp3) is 0.273. The molecule has 0 aliphatic rings. The Bertz CT molecular complexity index is 445. The SMILES string of the molecule is Cc1csc(CCC(=O)c2cccs2)n1. The van der Waals surface area contributed by atoms with E-state index in [0.29, 0.717) is 6.42 Å². The van der Waals surface area contributed by atoms with Gasteiger partial charge in [-0.2, -0.15) is 0 Å².